The fraction of sp³-hybridized carbons (Fsp3) is 0.562. The van der Waals surface area contributed by atoms with Crippen LogP contribution >= 0.6 is 0 Å². The second-order valence-electron chi connectivity index (χ2n) is 5.95. The van der Waals surface area contributed by atoms with Crippen LogP contribution in [0.1, 0.15) is 25.3 Å². The summed E-state index contributed by atoms with van der Waals surface area (Å²) in [4.78, 5) is 16.1. The molecule has 0 N–H and O–H groups in total. The lowest BCUT2D eigenvalue weighted by Crippen LogP contribution is -2.60. The molecule has 20 heavy (non-hydrogen) atoms. The van der Waals surface area contributed by atoms with Gasteiger partial charge < -0.3 is 14.5 Å². The van der Waals surface area contributed by atoms with Crippen LogP contribution in [0.4, 0.5) is 5.69 Å². The molecule has 0 bridgehead atoms. The molecule has 2 aliphatic rings. The SMILES string of the molecule is CC(C)c1ccc(N2CCN3C(=O)COC[C@H]3C2)cc1. The van der Waals surface area contributed by atoms with Crippen molar-refractivity contribution in [2.75, 3.05) is 37.7 Å². The number of ether oxygens (including phenoxy) is 1. The summed E-state index contributed by atoms with van der Waals surface area (Å²) in [5.41, 5.74) is 2.61. The van der Waals surface area contributed by atoms with E-state index in [4.69, 9.17) is 4.74 Å². The smallest absolute Gasteiger partial charge is 0.249 e. The number of nitrogens with zero attached hydrogens (tertiary/aromatic N) is 2. The lowest BCUT2D eigenvalue weighted by Gasteiger charge is -2.44. The molecule has 1 amide bonds. The number of fused-ring (bicyclic) bond motifs is 1. The molecule has 0 radical (unpaired) electrons. The van der Waals surface area contributed by atoms with Crippen molar-refractivity contribution in [3.05, 3.63) is 29.8 Å². The molecule has 0 aromatic heterocycles. The number of anilines is 1. The van der Waals surface area contributed by atoms with Gasteiger partial charge in [-0.3, -0.25) is 4.79 Å². The number of benzene rings is 1. The molecule has 0 spiro atoms. The van der Waals surface area contributed by atoms with E-state index >= 15 is 0 Å². The second kappa shape index (κ2) is 5.44. The fourth-order valence-corrected chi connectivity index (χ4v) is 3.00. The number of piperazine rings is 1. The quantitative estimate of drug-likeness (QED) is 0.825. The Bertz CT molecular complexity index is 484. The van der Waals surface area contributed by atoms with Gasteiger partial charge in [-0.15, -0.1) is 0 Å². The Hall–Kier alpha value is -1.55. The summed E-state index contributed by atoms with van der Waals surface area (Å²) in [5, 5.41) is 0. The van der Waals surface area contributed by atoms with Crippen molar-refractivity contribution < 1.29 is 9.53 Å². The number of carbonyl (C=O) groups excluding carboxylic acids is 1. The third-order valence-electron chi connectivity index (χ3n) is 4.26. The average molecular weight is 274 g/mol. The predicted molar refractivity (Wildman–Crippen MR) is 79.1 cm³/mol. The van der Waals surface area contributed by atoms with E-state index in [1.165, 1.54) is 11.3 Å². The molecule has 3 rings (SSSR count). The number of hydrogen-bond donors (Lipinski definition) is 0. The minimum atomic E-state index is 0.135. The van der Waals surface area contributed by atoms with Gasteiger partial charge in [-0.25, -0.2) is 0 Å². The van der Waals surface area contributed by atoms with Crippen molar-refractivity contribution in [3.63, 3.8) is 0 Å². The molecule has 0 saturated carbocycles. The van der Waals surface area contributed by atoms with Gasteiger partial charge in [0.15, 0.2) is 0 Å². The molecule has 2 aliphatic heterocycles. The van der Waals surface area contributed by atoms with Crippen LogP contribution < -0.4 is 4.90 Å². The minimum absolute atomic E-state index is 0.135. The molecule has 1 aromatic carbocycles. The van der Waals surface area contributed by atoms with Crippen molar-refractivity contribution in [3.8, 4) is 0 Å². The molecule has 2 heterocycles. The van der Waals surface area contributed by atoms with Gasteiger partial charge in [0, 0.05) is 25.3 Å². The first kappa shape index (κ1) is 13.4. The number of hydrogen-bond acceptors (Lipinski definition) is 3. The van der Waals surface area contributed by atoms with Gasteiger partial charge in [-0.1, -0.05) is 26.0 Å². The van der Waals surface area contributed by atoms with Gasteiger partial charge in [0.05, 0.1) is 12.6 Å². The Labute approximate surface area is 120 Å². The molecule has 0 aliphatic carbocycles. The highest BCUT2D eigenvalue weighted by Crippen LogP contribution is 2.23. The number of morpholine rings is 1. The Morgan fingerprint density at radius 3 is 2.65 bits per heavy atom. The zero-order chi connectivity index (χ0) is 14.1. The zero-order valence-corrected chi connectivity index (χ0v) is 12.2. The van der Waals surface area contributed by atoms with Crippen LogP contribution in [0.15, 0.2) is 24.3 Å². The first-order valence-electron chi connectivity index (χ1n) is 7.37. The zero-order valence-electron chi connectivity index (χ0n) is 12.2. The predicted octanol–water partition coefficient (Wildman–Crippen LogP) is 1.86. The molecule has 1 atom stereocenters. The maximum atomic E-state index is 11.8. The molecular weight excluding hydrogens is 252 g/mol. The van der Waals surface area contributed by atoms with E-state index in [1.807, 2.05) is 4.90 Å². The molecule has 2 fully saturated rings. The first-order valence-corrected chi connectivity index (χ1v) is 7.37. The lowest BCUT2D eigenvalue weighted by atomic mass is 10.0. The van der Waals surface area contributed by atoms with E-state index in [1.54, 1.807) is 0 Å². The molecule has 4 heteroatoms. The fourth-order valence-electron chi connectivity index (χ4n) is 3.00. The monoisotopic (exact) mass is 274 g/mol. The van der Waals surface area contributed by atoms with Crippen LogP contribution in [0.25, 0.3) is 0 Å². The Kier molecular flexibility index (Phi) is 3.66. The van der Waals surface area contributed by atoms with Crippen LogP contribution in [-0.4, -0.2) is 49.7 Å². The average Bonchev–Trinajstić information content (AvgIpc) is 2.47. The summed E-state index contributed by atoms with van der Waals surface area (Å²) in [6.45, 7) is 7.90. The maximum absolute atomic E-state index is 11.8. The van der Waals surface area contributed by atoms with Gasteiger partial charge in [0.25, 0.3) is 0 Å². The highest BCUT2D eigenvalue weighted by molar-refractivity contribution is 5.78. The lowest BCUT2D eigenvalue weighted by molar-refractivity contribution is -0.148. The van der Waals surface area contributed by atoms with Crippen LogP contribution in [0.2, 0.25) is 0 Å². The summed E-state index contributed by atoms with van der Waals surface area (Å²) in [6, 6.07) is 8.99. The van der Waals surface area contributed by atoms with E-state index in [0.29, 0.717) is 12.5 Å². The largest absolute Gasteiger partial charge is 0.369 e. The van der Waals surface area contributed by atoms with Gasteiger partial charge in [-0.05, 0) is 23.6 Å². The highest BCUT2D eigenvalue weighted by Gasteiger charge is 2.33. The van der Waals surface area contributed by atoms with Gasteiger partial charge in [-0.2, -0.15) is 0 Å². The standard InChI is InChI=1S/C16H22N2O2/c1-12(2)13-3-5-14(6-4-13)17-7-8-18-15(9-17)10-20-11-16(18)19/h3-6,12,15H,7-11H2,1-2H3/t15-/m1/s1. The van der Waals surface area contributed by atoms with E-state index in [9.17, 15) is 4.79 Å². The molecule has 4 nitrogen and oxygen atoms in total. The molecule has 108 valence electrons. The van der Waals surface area contributed by atoms with Gasteiger partial charge in [0.1, 0.15) is 6.61 Å². The summed E-state index contributed by atoms with van der Waals surface area (Å²) in [6.07, 6.45) is 0. The van der Waals surface area contributed by atoms with E-state index < -0.39 is 0 Å². The van der Waals surface area contributed by atoms with Gasteiger partial charge >= 0.3 is 0 Å². The summed E-state index contributed by atoms with van der Waals surface area (Å²) < 4.78 is 5.37. The third-order valence-corrected chi connectivity index (χ3v) is 4.26. The molecule has 1 aromatic rings. The van der Waals surface area contributed by atoms with Crippen LogP contribution in [0.3, 0.4) is 0 Å². The van der Waals surface area contributed by atoms with E-state index in [0.717, 1.165) is 19.6 Å². The van der Waals surface area contributed by atoms with Crippen molar-refractivity contribution in [1.29, 1.82) is 0 Å². The molecule has 2 saturated heterocycles. The normalized spacial score (nSPS) is 23.1. The summed E-state index contributed by atoms with van der Waals surface area (Å²) in [5.74, 6) is 0.696. The van der Waals surface area contributed by atoms with Gasteiger partial charge in [0.2, 0.25) is 5.91 Å². The van der Waals surface area contributed by atoms with Crippen molar-refractivity contribution >= 4 is 11.6 Å². The Morgan fingerprint density at radius 1 is 1.20 bits per heavy atom. The summed E-state index contributed by atoms with van der Waals surface area (Å²) in [7, 11) is 0. The number of carbonyl (C=O) groups is 1. The van der Waals surface area contributed by atoms with Crippen molar-refractivity contribution in [2.45, 2.75) is 25.8 Å². The Morgan fingerprint density at radius 2 is 1.95 bits per heavy atom. The highest BCUT2D eigenvalue weighted by atomic mass is 16.5. The minimum Gasteiger partial charge on any atom is -0.369 e. The molecular formula is C16H22N2O2. The first-order chi connectivity index (χ1) is 9.65. The number of amides is 1. The molecule has 0 unspecified atom stereocenters. The van der Waals surface area contributed by atoms with Crippen LogP contribution in [-0.2, 0) is 9.53 Å². The second-order valence-corrected chi connectivity index (χ2v) is 5.95. The maximum Gasteiger partial charge on any atom is 0.249 e. The topological polar surface area (TPSA) is 32.8 Å². The number of rotatable bonds is 2. The third kappa shape index (κ3) is 2.52. The Balaban J connectivity index is 1.71. The van der Waals surface area contributed by atoms with E-state index in [-0.39, 0.29) is 18.6 Å². The van der Waals surface area contributed by atoms with Crippen LogP contribution in [0.5, 0.6) is 0 Å². The van der Waals surface area contributed by atoms with Crippen LogP contribution in [0, 0.1) is 0 Å². The van der Waals surface area contributed by atoms with Crippen molar-refractivity contribution in [1.82, 2.24) is 4.90 Å². The van der Waals surface area contributed by atoms with Crippen molar-refractivity contribution in [2.24, 2.45) is 0 Å². The summed E-state index contributed by atoms with van der Waals surface area (Å²) >= 11 is 0. The van der Waals surface area contributed by atoms with E-state index in [2.05, 4.69) is 43.0 Å².